The molecule has 0 bridgehead atoms. The molecule has 4 rings (SSSR count). The molecule has 4 atom stereocenters. The van der Waals surface area contributed by atoms with E-state index < -0.39 is 71.4 Å². The van der Waals surface area contributed by atoms with Crippen LogP contribution in [0.25, 0.3) is 6.08 Å². The number of phenols is 1. The lowest BCUT2D eigenvalue weighted by Crippen LogP contribution is -2.38. The minimum absolute atomic E-state index is 0.0603. The molecule has 0 radical (unpaired) electrons. The van der Waals surface area contributed by atoms with Crippen LogP contribution in [0.3, 0.4) is 0 Å². The average molecular weight is 626 g/mol. The second-order valence-corrected chi connectivity index (χ2v) is 11.3. The van der Waals surface area contributed by atoms with Crippen molar-refractivity contribution >= 4 is 23.6 Å². The van der Waals surface area contributed by atoms with Gasteiger partial charge in [0.1, 0.15) is 5.75 Å². The average Bonchev–Trinajstić information content (AvgIpc) is 3.19. The van der Waals surface area contributed by atoms with Gasteiger partial charge in [-0.05, 0) is 62.4 Å². The molecule has 0 unspecified atom stereocenters. The van der Waals surface area contributed by atoms with Crippen LogP contribution in [-0.2, 0) is 21.9 Å². The molecule has 12 heteroatoms. The van der Waals surface area contributed by atoms with E-state index in [9.17, 15) is 51.3 Å². The third-order valence-electron chi connectivity index (χ3n) is 8.32. The molecule has 2 aliphatic rings. The van der Waals surface area contributed by atoms with Crippen LogP contribution in [0.2, 0.25) is 0 Å². The molecule has 2 aromatic rings. The number of alkyl halides is 6. The summed E-state index contributed by atoms with van der Waals surface area (Å²) in [5.41, 5.74) is -1.80. The Hall–Kier alpha value is -3.64. The van der Waals surface area contributed by atoms with E-state index in [1.54, 1.807) is 31.2 Å². The first kappa shape index (κ1) is 33.3. The van der Waals surface area contributed by atoms with E-state index in [4.69, 9.17) is 0 Å². The van der Waals surface area contributed by atoms with Crippen molar-refractivity contribution in [3.05, 3.63) is 75.9 Å². The topological polar surface area (TPSA) is 98.1 Å². The van der Waals surface area contributed by atoms with Gasteiger partial charge in [0.05, 0.1) is 41.4 Å². The number of carbonyl (C=O) groups excluding carboxylic acids is 2. The van der Waals surface area contributed by atoms with Crippen molar-refractivity contribution in [2.45, 2.75) is 64.4 Å². The van der Waals surface area contributed by atoms with Crippen molar-refractivity contribution in [1.82, 2.24) is 0 Å². The number of amides is 2. The van der Waals surface area contributed by atoms with Gasteiger partial charge in [-0.2, -0.15) is 26.3 Å². The smallest absolute Gasteiger partial charge is 0.416 e. The number of phenolic OH excluding ortho intramolecular Hbond substituents is 1. The van der Waals surface area contributed by atoms with Crippen LogP contribution in [0, 0.1) is 17.8 Å². The molecular formula is C32H33F6NO5. The number of fused-ring (bicyclic) bond motifs is 1. The number of halogens is 6. The van der Waals surface area contributed by atoms with E-state index in [1.165, 1.54) is 0 Å². The summed E-state index contributed by atoms with van der Waals surface area (Å²) >= 11 is 0. The fourth-order valence-electron chi connectivity index (χ4n) is 6.34. The van der Waals surface area contributed by atoms with Crippen LogP contribution in [0.5, 0.6) is 5.75 Å². The first-order valence-corrected chi connectivity index (χ1v) is 14.2. The molecule has 238 valence electrons. The van der Waals surface area contributed by atoms with Gasteiger partial charge in [0, 0.05) is 11.5 Å². The number of rotatable bonds is 9. The van der Waals surface area contributed by atoms with Gasteiger partial charge in [-0.3, -0.25) is 9.59 Å². The number of anilines is 1. The maximum absolute atomic E-state index is 13.6. The number of nitrogens with zero attached hydrogens (tertiary/aromatic N) is 1. The SMILES string of the molecule is CCC/C(=C\c1ccccc1O)CC[C@@H](O)C1=C(C)C[C@H]2C(=O)N(c3cc(C(F)(F)F)cc(C(F)(F)F)c3)C(=O)[C@H]2[C@H]1CO. The Bertz CT molecular complexity index is 1450. The van der Waals surface area contributed by atoms with Crippen molar-refractivity contribution in [2.24, 2.45) is 17.8 Å². The fourth-order valence-corrected chi connectivity index (χ4v) is 6.34. The second kappa shape index (κ2) is 12.8. The molecule has 0 aromatic heterocycles. The molecule has 3 N–H and O–H groups in total. The fraction of sp³-hybridized carbons (Fsp3) is 0.438. The summed E-state index contributed by atoms with van der Waals surface area (Å²) in [6.07, 6.45) is -7.71. The second-order valence-electron chi connectivity index (χ2n) is 11.3. The highest BCUT2D eigenvalue weighted by Gasteiger charge is 2.55. The van der Waals surface area contributed by atoms with Crippen LogP contribution in [0.1, 0.15) is 62.6 Å². The number of aliphatic hydroxyl groups is 2. The van der Waals surface area contributed by atoms with Crippen molar-refractivity contribution in [1.29, 1.82) is 0 Å². The highest BCUT2D eigenvalue weighted by Crippen LogP contribution is 2.48. The third kappa shape index (κ3) is 6.71. The summed E-state index contributed by atoms with van der Waals surface area (Å²) in [6, 6.07) is 7.34. The largest absolute Gasteiger partial charge is 0.507 e. The summed E-state index contributed by atoms with van der Waals surface area (Å²) in [6.45, 7) is 2.92. The Kier molecular flexibility index (Phi) is 9.65. The molecule has 1 heterocycles. The molecule has 44 heavy (non-hydrogen) atoms. The zero-order chi connectivity index (χ0) is 32.6. The van der Waals surface area contributed by atoms with E-state index in [1.807, 2.05) is 13.0 Å². The predicted molar refractivity (Wildman–Crippen MR) is 150 cm³/mol. The molecule has 1 fully saturated rings. The molecule has 2 aromatic carbocycles. The van der Waals surface area contributed by atoms with Gasteiger partial charge in [0.25, 0.3) is 0 Å². The van der Waals surface area contributed by atoms with Gasteiger partial charge < -0.3 is 15.3 Å². The molecule has 0 saturated carbocycles. The maximum atomic E-state index is 13.6. The van der Waals surface area contributed by atoms with Gasteiger partial charge in [-0.15, -0.1) is 0 Å². The van der Waals surface area contributed by atoms with Crippen LogP contribution in [-0.4, -0.2) is 39.8 Å². The Morgan fingerprint density at radius 1 is 1.00 bits per heavy atom. The summed E-state index contributed by atoms with van der Waals surface area (Å²) in [4.78, 5) is 27.3. The lowest BCUT2D eigenvalue weighted by molar-refractivity contribution is -0.143. The van der Waals surface area contributed by atoms with Crippen LogP contribution in [0.15, 0.2) is 59.2 Å². The Morgan fingerprint density at radius 3 is 2.16 bits per heavy atom. The van der Waals surface area contributed by atoms with Crippen molar-refractivity contribution < 1.29 is 51.3 Å². The van der Waals surface area contributed by atoms with Gasteiger partial charge in [0.15, 0.2) is 0 Å². The molecule has 6 nitrogen and oxygen atoms in total. The standard InChI is InChI=1S/C32H33F6NO5/c1-3-6-18(12-19-7-4-5-8-25(19)41)9-10-26(42)27-17(2)11-23-28(24(27)16-40)30(44)39(29(23)43)22-14-20(31(33,34)35)13-21(15-22)32(36,37)38/h4-5,7-8,12-15,23-24,26,28,40-42H,3,6,9-11,16H2,1-2H3/b18-12+/t23-,24+,26-,28-/m1/s1. The monoisotopic (exact) mass is 625 g/mol. The van der Waals surface area contributed by atoms with Gasteiger partial charge in [-0.1, -0.05) is 48.8 Å². The number of hydrogen-bond acceptors (Lipinski definition) is 5. The normalized spacial score (nSPS) is 22.1. The third-order valence-corrected chi connectivity index (χ3v) is 8.32. The number of allylic oxidation sites excluding steroid dienone is 2. The van der Waals surface area contributed by atoms with Crippen molar-refractivity contribution in [3.8, 4) is 5.75 Å². The van der Waals surface area contributed by atoms with Gasteiger partial charge in [0.2, 0.25) is 11.8 Å². The Balaban J connectivity index is 1.63. The molecule has 1 aliphatic carbocycles. The lowest BCUT2D eigenvalue weighted by Gasteiger charge is -2.35. The number of aliphatic hydroxyl groups excluding tert-OH is 2. The molecule has 2 amide bonds. The molecule has 0 spiro atoms. The highest BCUT2D eigenvalue weighted by atomic mass is 19.4. The highest BCUT2D eigenvalue weighted by molar-refractivity contribution is 6.22. The van der Waals surface area contributed by atoms with Crippen LogP contribution >= 0.6 is 0 Å². The Labute approximate surface area is 250 Å². The summed E-state index contributed by atoms with van der Waals surface area (Å²) in [5.74, 6) is -5.39. The first-order valence-electron chi connectivity index (χ1n) is 14.2. The summed E-state index contributed by atoms with van der Waals surface area (Å²) in [5, 5.41) is 31.8. The predicted octanol–water partition coefficient (Wildman–Crippen LogP) is 6.89. The zero-order valence-electron chi connectivity index (χ0n) is 24.0. The number of benzene rings is 2. The van der Waals surface area contributed by atoms with E-state index in [0.29, 0.717) is 46.6 Å². The summed E-state index contributed by atoms with van der Waals surface area (Å²) in [7, 11) is 0. The lowest BCUT2D eigenvalue weighted by atomic mass is 9.68. The van der Waals surface area contributed by atoms with E-state index >= 15 is 0 Å². The van der Waals surface area contributed by atoms with Crippen molar-refractivity contribution in [2.75, 3.05) is 11.5 Å². The van der Waals surface area contributed by atoms with Crippen molar-refractivity contribution in [3.63, 3.8) is 0 Å². The maximum Gasteiger partial charge on any atom is 0.416 e. The number of para-hydroxylation sites is 1. The Morgan fingerprint density at radius 2 is 1.61 bits per heavy atom. The summed E-state index contributed by atoms with van der Waals surface area (Å²) < 4.78 is 81.0. The number of aromatic hydroxyl groups is 1. The minimum Gasteiger partial charge on any atom is -0.507 e. The quantitative estimate of drug-likeness (QED) is 0.160. The van der Waals surface area contributed by atoms with Gasteiger partial charge >= 0.3 is 12.4 Å². The van der Waals surface area contributed by atoms with E-state index in [2.05, 4.69) is 0 Å². The number of hydrogen-bond donors (Lipinski definition) is 3. The first-order chi connectivity index (χ1) is 20.6. The number of imide groups is 1. The number of carbonyl (C=O) groups is 2. The molecular weight excluding hydrogens is 592 g/mol. The van der Waals surface area contributed by atoms with Crippen LogP contribution in [0.4, 0.5) is 32.0 Å². The van der Waals surface area contributed by atoms with E-state index in [-0.39, 0.29) is 24.7 Å². The molecule has 1 saturated heterocycles. The molecule has 1 aliphatic heterocycles. The minimum atomic E-state index is -5.18. The van der Waals surface area contributed by atoms with E-state index in [0.717, 1.165) is 12.0 Å². The zero-order valence-corrected chi connectivity index (χ0v) is 24.0. The van der Waals surface area contributed by atoms with Gasteiger partial charge in [-0.25, -0.2) is 4.90 Å². The van der Waals surface area contributed by atoms with Crippen LogP contribution < -0.4 is 4.90 Å².